The monoisotopic (exact) mass is 349 g/mol. The van der Waals surface area contributed by atoms with Gasteiger partial charge in [0.25, 0.3) is 5.91 Å². The van der Waals surface area contributed by atoms with Crippen molar-refractivity contribution in [3.05, 3.63) is 40.9 Å². The molecule has 2 aromatic carbocycles. The third kappa shape index (κ3) is 4.74. The van der Waals surface area contributed by atoms with E-state index in [4.69, 9.17) is 4.74 Å². The first-order valence-corrected chi connectivity index (χ1v) is 7.99. The SMILES string of the molecule is CCCC(C)NC(=O)COc1ccc2cc(Br)ccc2c1. The quantitative estimate of drug-likeness (QED) is 0.844. The Hall–Kier alpha value is -1.55. The Morgan fingerprint density at radius 3 is 2.71 bits per heavy atom. The van der Waals surface area contributed by atoms with Crippen LogP contribution in [0, 0.1) is 0 Å². The van der Waals surface area contributed by atoms with Crippen LogP contribution in [0.4, 0.5) is 0 Å². The van der Waals surface area contributed by atoms with Crippen LogP contribution in [0.3, 0.4) is 0 Å². The number of fused-ring (bicyclic) bond motifs is 1. The van der Waals surface area contributed by atoms with Crippen LogP contribution >= 0.6 is 15.9 Å². The van der Waals surface area contributed by atoms with Crippen molar-refractivity contribution in [1.29, 1.82) is 0 Å². The van der Waals surface area contributed by atoms with E-state index in [1.807, 2.05) is 37.3 Å². The molecule has 0 aromatic heterocycles. The average molecular weight is 350 g/mol. The molecule has 0 fully saturated rings. The molecule has 1 atom stereocenters. The summed E-state index contributed by atoms with van der Waals surface area (Å²) in [5.41, 5.74) is 0. The molecule has 0 saturated heterocycles. The van der Waals surface area contributed by atoms with Crippen LogP contribution in [0.15, 0.2) is 40.9 Å². The van der Waals surface area contributed by atoms with Crippen LogP contribution in [-0.2, 0) is 4.79 Å². The molecule has 1 unspecified atom stereocenters. The molecule has 4 heteroatoms. The van der Waals surface area contributed by atoms with Crippen molar-refractivity contribution in [3.63, 3.8) is 0 Å². The zero-order valence-electron chi connectivity index (χ0n) is 12.4. The molecular weight excluding hydrogens is 330 g/mol. The number of amides is 1. The fourth-order valence-electron chi connectivity index (χ4n) is 2.26. The summed E-state index contributed by atoms with van der Waals surface area (Å²) in [6.07, 6.45) is 2.04. The number of carbonyl (C=O) groups excluding carboxylic acids is 1. The van der Waals surface area contributed by atoms with E-state index in [1.165, 1.54) is 0 Å². The van der Waals surface area contributed by atoms with Crippen molar-refractivity contribution in [3.8, 4) is 5.75 Å². The van der Waals surface area contributed by atoms with Crippen LogP contribution in [-0.4, -0.2) is 18.6 Å². The molecule has 0 aliphatic rings. The second-order valence-corrected chi connectivity index (χ2v) is 6.11. The Morgan fingerprint density at radius 1 is 1.24 bits per heavy atom. The van der Waals surface area contributed by atoms with Gasteiger partial charge in [0.15, 0.2) is 6.61 Å². The van der Waals surface area contributed by atoms with Gasteiger partial charge in [0, 0.05) is 10.5 Å². The molecule has 3 nitrogen and oxygen atoms in total. The van der Waals surface area contributed by atoms with Crippen molar-refractivity contribution in [1.82, 2.24) is 5.32 Å². The van der Waals surface area contributed by atoms with Gasteiger partial charge in [-0.15, -0.1) is 0 Å². The molecule has 1 amide bonds. The number of hydrogen-bond donors (Lipinski definition) is 1. The van der Waals surface area contributed by atoms with Crippen molar-refractivity contribution < 1.29 is 9.53 Å². The van der Waals surface area contributed by atoms with Gasteiger partial charge < -0.3 is 10.1 Å². The molecule has 0 spiro atoms. The van der Waals surface area contributed by atoms with E-state index in [-0.39, 0.29) is 18.6 Å². The number of hydrogen-bond acceptors (Lipinski definition) is 2. The maximum atomic E-state index is 11.8. The summed E-state index contributed by atoms with van der Waals surface area (Å²) >= 11 is 3.45. The average Bonchev–Trinajstić information content (AvgIpc) is 2.45. The van der Waals surface area contributed by atoms with E-state index in [0.717, 1.165) is 28.1 Å². The zero-order chi connectivity index (χ0) is 15.2. The molecule has 21 heavy (non-hydrogen) atoms. The smallest absolute Gasteiger partial charge is 0.258 e. The minimum Gasteiger partial charge on any atom is -0.484 e. The van der Waals surface area contributed by atoms with Crippen molar-refractivity contribution in [2.45, 2.75) is 32.7 Å². The van der Waals surface area contributed by atoms with Gasteiger partial charge in [-0.1, -0.05) is 41.4 Å². The largest absolute Gasteiger partial charge is 0.484 e. The van der Waals surface area contributed by atoms with E-state index in [1.54, 1.807) is 0 Å². The summed E-state index contributed by atoms with van der Waals surface area (Å²) in [7, 11) is 0. The molecule has 2 rings (SSSR count). The molecule has 0 radical (unpaired) electrons. The molecule has 0 aliphatic carbocycles. The summed E-state index contributed by atoms with van der Waals surface area (Å²) in [4.78, 5) is 11.8. The van der Waals surface area contributed by atoms with Gasteiger partial charge in [-0.2, -0.15) is 0 Å². The van der Waals surface area contributed by atoms with E-state index in [0.29, 0.717) is 5.75 Å². The normalized spacial score (nSPS) is 12.1. The van der Waals surface area contributed by atoms with Gasteiger partial charge in [0.2, 0.25) is 0 Å². The van der Waals surface area contributed by atoms with Gasteiger partial charge in [-0.25, -0.2) is 0 Å². The third-order valence-corrected chi connectivity index (χ3v) is 3.77. The number of rotatable bonds is 6. The van der Waals surface area contributed by atoms with Gasteiger partial charge in [-0.05, 0) is 48.4 Å². The van der Waals surface area contributed by atoms with Crippen LogP contribution in [0.1, 0.15) is 26.7 Å². The van der Waals surface area contributed by atoms with Gasteiger partial charge in [0.1, 0.15) is 5.75 Å². The molecule has 0 saturated carbocycles. The highest BCUT2D eigenvalue weighted by atomic mass is 79.9. The van der Waals surface area contributed by atoms with E-state index < -0.39 is 0 Å². The summed E-state index contributed by atoms with van der Waals surface area (Å²) in [6.45, 7) is 4.16. The topological polar surface area (TPSA) is 38.3 Å². The molecule has 112 valence electrons. The van der Waals surface area contributed by atoms with Crippen molar-refractivity contribution >= 4 is 32.6 Å². The minimum atomic E-state index is -0.0770. The van der Waals surface area contributed by atoms with Crippen LogP contribution in [0.5, 0.6) is 5.75 Å². The van der Waals surface area contributed by atoms with Gasteiger partial charge in [-0.3, -0.25) is 4.79 Å². The third-order valence-electron chi connectivity index (χ3n) is 3.27. The Labute approximate surface area is 133 Å². The lowest BCUT2D eigenvalue weighted by Gasteiger charge is -2.13. The minimum absolute atomic E-state index is 0.0517. The van der Waals surface area contributed by atoms with Crippen LogP contribution in [0.25, 0.3) is 10.8 Å². The van der Waals surface area contributed by atoms with Crippen molar-refractivity contribution in [2.75, 3.05) is 6.61 Å². The molecular formula is C17H20BrNO2. The lowest BCUT2D eigenvalue weighted by molar-refractivity contribution is -0.123. The molecule has 0 aliphatic heterocycles. The standard InChI is InChI=1S/C17H20BrNO2/c1-3-4-12(2)19-17(20)11-21-16-8-6-13-9-15(18)7-5-14(13)10-16/h5-10,12H,3-4,11H2,1-2H3,(H,19,20). The first-order valence-electron chi connectivity index (χ1n) is 7.20. The summed E-state index contributed by atoms with van der Waals surface area (Å²) in [6, 6.07) is 12.1. The molecule has 1 N–H and O–H groups in total. The number of ether oxygens (including phenoxy) is 1. The highest BCUT2D eigenvalue weighted by Crippen LogP contribution is 2.24. The number of carbonyl (C=O) groups is 1. The Kier molecular flexibility index (Phi) is 5.62. The Bertz CT molecular complexity index is 627. The summed E-state index contributed by atoms with van der Waals surface area (Å²) in [5, 5.41) is 5.16. The maximum Gasteiger partial charge on any atom is 0.258 e. The van der Waals surface area contributed by atoms with Crippen LogP contribution < -0.4 is 10.1 Å². The van der Waals surface area contributed by atoms with E-state index in [2.05, 4.69) is 34.2 Å². The summed E-state index contributed by atoms with van der Waals surface area (Å²) in [5.74, 6) is 0.634. The predicted molar refractivity (Wildman–Crippen MR) is 89.7 cm³/mol. The van der Waals surface area contributed by atoms with E-state index >= 15 is 0 Å². The molecule has 2 aromatic rings. The highest BCUT2D eigenvalue weighted by Gasteiger charge is 2.07. The molecule has 0 bridgehead atoms. The molecule has 0 heterocycles. The Balaban J connectivity index is 1.94. The predicted octanol–water partition coefficient (Wildman–Crippen LogP) is 4.29. The number of benzene rings is 2. The van der Waals surface area contributed by atoms with Gasteiger partial charge in [0.05, 0.1) is 0 Å². The lowest BCUT2D eigenvalue weighted by atomic mass is 10.1. The number of halogens is 1. The zero-order valence-corrected chi connectivity index (χ0v) is 13.9. The fourth-order valence-corrected chi connectivity index (χ4v) is 2.63. The highest BCUT2D eigenvalue weighted by molar-refractivity contribution is 9.10. The Morgan fingerprint density at radius 2 is 1.95 bits per heavy atom. The maximum absolute atomic E-state index is 11.8. The first-order chi connectivity index (χ1) is 10.1. The first kappa shape index (κ1) is 15.8. The summed E-state index contributed by atoms with van der Waals surface area (Å²) < 4.78 is 6.61. The van der Waals surface area contributed by atoms with E-state index in [9.17, 15) is 4.79 Å². The van der Waals surface area contributed by atoms with Crippen molar-refractivity contribution in [2.24, 2.45) is 0 Å². The number of nitrogens with one attached hydrogen (secondary N) is 1. The second-order valence-electron chi connectivity index (χ2n) is 5.20. The van der Waals surface area contributed by atoms with Gasteiger partial charge >= 0.3 is 0 Å². The second kappa shape index (κ2) is 7.46. The lowest BCUT2D eigenvalue weighted by Crippen LogP contribution is -2.35. The van der Waals surface area contributed by atoms with Crippen LogP contribution in [0.2, 0.25) is 0 Å². The fraction of sp³-hybridized carbons (Fsp3) is 0.353.